The van der Waals surface area contributed by atoms with Gasteiger partial charge in [0.05, 0.1) is 24.1 Å². The summed E-state index contributed by atoms with van der Waals surface area (Å²) in [6.45, 7) is 0. The fraction of sp³-hybridized carbons (Fsp3) is 0.200. The Balaban J connectivity index is 2.51. The number of methoxy groups -OCH3 is 2. The first-order chi connectivity index (χ1) is 11.0. The van der Waals surface area contributed by atoms with Crippen LogP contribution in [0.5, 0.6) is 11.5 Å². The van der Waals surface area contributed by atoms with Gasteiger partial charge >= 0.3 is 0 Å². The van der Waals surface area contributed by atoms with Gasteiger partial charge in [0.2, 0.25) is 0 Å². The molecule has 23 heavy (non-hydrogen) atoms. The van der Waals surface area contributed by atoms with Gasteiger partial charge < -0.3 is 9.47 Å². The van der Waals surface area contributed by atoms with Gasteiger partial charge in [0.15, 0.2) is 11.5 Å². The Bertz CT molecular complexity index is 727. The van der Waals surface area contributed by atoms with Crippen molar-refractivity contribution >= 4 is 11.4 Å². The number of rotatable bonds is 6. The third kappa shape index (κ3) is 3.37. The molecule has 0 aromatic heterocycles. The number of hydrogen-bond donors (Lipinski definition) is 0. The van der Waals surface area contributed by atoms with Crippen LogP contribution in [0.2, 0.25) is 0 Å². The molecule has 2 rings (SSSR count). The molecule has 0 N–H and O–H groups in total. The van der Waals surface area contributed by atoms with Crippen molar-refractivity contribution < 1.29 is 19.3 Å². The van der Waals surface area contributed by atoms with Crippen LogP contribution in [0.25, 0.3) is 0 Å². The van der Waals surface area contributed by atoms with Crippen molar-refractivity contribution in [1.82, 2.24) is 0 Å². The maximum Gasteiger partial charge on any atom is 0.279 e. The lowest BCUT2D eigenvalue weighted by molar-refractivity contribution is -0.395. The standard InChI is InChI=1S/C15H14N2O6/c1-22-14-7-6-10(9-15(14)23-2)8-11-12(16(18)19)4-3-5-13(11)17(20)21/h3-7,9H,8H2,1-2H3. The number of nitrogens with zero attached hydrogens (tertiary/aromatic N) is 2. The van der Waals surface area contributed by atoms with E-state index in [0.717, 1.165) is 0 Å². The van der Waals surface area contributed by atoms with E-state index in [1.165, 1.54) is 32.4 Å². The van der Waals surface area contributed by atoms with Gasteiger partial charge in [0.1, 0.15) is 5.56 Å². The molecule has 0 aliphatic carbocycles. The largest absolute Gasteiger partial charge is 0.493 e. The lowest BCUT2D eigenvalue weighted by Gasteiger charge is -2.10. The Morgan fingerprint density at radius 2 is 1.48 bits per heavy atom. The Morgan fingerprint density at radius 1 is 0.913 bits per heavy atom. The molecule has 0 aliphatic rings. The van der Waals surface area contributed by atoms with E-state index < -0.39 is 9.85 Å². The minimum absolute atomic E-state index is 0.0355. The third-order valence-corrected chi connectivity index (χ3v) is 3.35. The number of hydrogen-bond acceptors (Lipinski definition) is 6. The van der Waals surface area contributed by atoms with Crippen LogP contribution in [0, 0.1) is 20.2 Å². The second-order valence-electron chi connectivity index (χ2n) is 4.66. The smallest absolute Gasteiger partial charge is 0.279 e. The zero-order valence-corrected chi connectivity index (χ0v) is 12.5. The van der Waals surface area contributed by atoms with E-state index in [0.29, 0.717) is 17.1 Å². The Kier molecular flexibility index (Phi) is 4.75. The van der Waals surface area contributed by atoms with Gasteiger partial charge in [-0.1, -0.05) is 6.07 Å². The lowest BCUT2D eigenvalue weighted by Crippen LogP contribution is -2.02. The first-order valence-corrected chi connectivity index (χ1v) is 6.59. The molecule has 2 aromatic carbocycles. The van der Waals surface area contributed by atoms with Crippen LogP contribution in [0.15, 0.2) is 36.4 Å². The molecule has 0 unspecified atom stereocenters. The van der Waals surface area contributed by atoms with E-state index in [4.69, 9.17) is 9.47 Å². The summed E-state index contributed by atoms with van der Waals surface area (Å²) in [5.74, 6) is 0.958. The number of nitro benzene ring substituents is 2. The van der Waals surface area contributed by atoms with E-state index >= 15 is 0 Å². The van der Waals surface area contributed by atoms with Crippen molar-refractivity contribution in [3.8, 4) is 11.5 Å². The van der Waals surface area contributed by atoms with Crippen LogP contribution in [0.1, 0.15) is 11.1 Å². The average Bonchev–Trinajstić information content (AvgIpc) is 2.54. The molecule has 0 bridgehead atoms. The molecule has 0 amide bonds. The Hall–Kier alpha value is -3.16. The van der Waals surface area contributed by atoms with E-state index in [-0.39, 0.29) is 23.4 Å². The summed E-state index contributed by atoms with van der Waals surface area (Å²) in [4.78, 5) is 21.1. The van der Waals surface area contributed by atoms with Gasteiger partial charge in [0, 0.05) is 18.6 Å². The molecule has 0 saturated carbocycles. The van der Waals surface area contributed by atoms with Crippen molar-refractivity contribution in [1.29, 1.82) is 0 Å². The van der Waals surface area contributed by atoms with Gasteiger partial charge in [-0.25, -0.2) is 0 Å². The van der Waals surface area contributed by atoms with Gasteiger partial charge in [-0.3, -0.25) is 20.2 Å². The fourth-order valence-corrected chi connectivity index (χ4v) is 2.28. The molecule has 2 aromatic rings. The molecular weight excluding hydrogens is 304 g/mol. The summed E-state index contributed by atoms with van der Waals surface area (Å²) in [6, 6.07) is 8.77. The molecule has 0 heterocycles. The molecule has 8 heteroatoms. The van der Waals surface area contributed by atoms with Crippen molar-refractivity contribution in [3.05, 3.63) is 67.8 Å². The minimum Gasteiger partial charge on any atom is -0.493 e. The van der Waals surface area contributed by atoms with E-state index in [1.807, 2.05) is 0 Å². The molecule has 0 radical (unpaired) electrons. The fourth-order valence-electron chi connectivity index (χ4n) is 2.28. The van der Waals surface area contributed by atoms with E-state index in [1.54, 1.807) is 18.2 Å². The van der Waals surface area contributed by atoms with Crippen molar-refractivity contribution in [3.63, 3.8) is 0 Å². The quantitative estimate of drug-likeness (QED) is 0.598. The SMILES string of the molecule is COc1ccc(Cc2c([N+](=O)[O-])cccc2[N+](=O)[O-])cc1OC. The first-order valence-electron chi connectivity index (χ1n) is 6.59. The van der Waals surface area contributed by atoms with Crippen LogP contribution >= 0.6 is 0 Å². The number of nitro groups is 2. The Labute approximate surface area is 131 Å². The first kappa shape index (κ1) is 16.2. The highest BCUT2D eigenvalue weighted by molar-refractivity contribution is 5.56. The Morgan fingerprint density at radius 3 is 1.96 bits per heavy atom. The summed E-state index contributed by atoms with van der Waals surface area (Å²) >= 11 is 0. The molecule has 0 fully saturated rings. The summed E-state index contributed by atoms with van der Waals surface area (Å²) in [5, 5.41) is 22.3. The zero-order valence-electron chi connectivity index (χ0n) is 12.5. The highest BCUT2D eigenvalue weighted by atomic mass is 16.6. The van der Waals surface area contributed by atoms with Crippen molar-refractivity contribution in [2.24, 2.45) is 0 Å². The summed E-state index contributed by atoms with van der Waals surface area (Å²) in [5.41, 5.74) is 0.123. The second-order valence-corrected chi connectivity index (χ2v) is 4.66. The van der Waals surface area contributed by atoms with Crippen LogP contribution in [-0.4, -0.2) is 24.1 Å². The van der Waals surface area contributed by atoms with Crippen LogP contribution in [0.3, 0.4) is 0 Å². The van der Waals surface area contributed by atoms with Crippen molar-refractivity contribution in [2.75, 3.05) is 14.2 Å². The molecule has 120 valence electrons. The molecular formula is C15H14N2O6. The van der Waals surface area contributed by atoms with E-state index in [9.17, 15) is 20.2 Å². The molecule has 8 nitrogen and oxygen atoms in total. The van der Waals surface area contributed by atoms with Crippen LogP contribution in [0.4, 0.5) is 11.4 Å². The maximum atomic E-state index is 11.1. The van der Waals surface area contributed by atoms with Crippen molar-refractivity contribution in [2.45, 2.75) is 6.42 Å². The summed E-state index contributed by atoms with van der Waals surface area (Å²) < 4.78 is 10.3. The van der Waals surface area contributed by atoms with Gasteiger partial charge in [-0.05, 0) is 23.8 Å². The highest BCUT2D eigenvalue weighted by Crippen LogP contribution is 2.33. The normalized spacial score (nSPS) is 10.2. The second kappa shape index (κ2) is 6.73. The van der Waals surface area contributed by atoms with E-state index in [2.05, 4.69) is 0 Å². The lowest BCUT2D eigenvalue weighted by atomic mass is 10.0. The molecule has 0 aliphatic heterocycles. The molecule has 0 atom stereocenters. The monoisotopic (exact) mass is 318 g/mol. The van der Waals surface area contributed by atoms with Gasteiger partial charge in [0.25, 0.3) is 11.4 Å². The van der Waals surface area contributed by atoms with Gasteiger partial charge in [-0.2, -0.15) is 0 Å². The number of benzene rings is 2. The topological polar surface area (TPSA) is 105 Å². The zero-order chi connectivity index (χ0) is 17.0. The minimum atomic E-state index is -0.622. The molecule has 0 spiro atoms. The molecule has 0 saturated heterocycles. The average molecular weight is 318 g/mol. The summed E-state index contributed by atoms with van der Waals surface area (Å²) in [6.07, 6.45) is 0.0355. The third-order valence-electron chi connectivity index (χ3n) is 3.35. The predicted octanol–water partition coefficient (Wildman–Crippen LogP) is 3.11. The predicted molar refractivity (Wildman–Crippen MR) is 82.1 cm³/mol. The highest BCUT2D eigenvalue weighted by Gasteiger charge is 2.24. The van der Waals surface area contributed by atoms with Gasteiger partial charge in [-0.15, -0.1) is 0 Å². The maximum absolute atomic E-state index is 11.1. The summed E-state index contributed by atoms with van der Waals surface area (Å²) in [7, 11) is 2.96. The van der Waals surface area contributed by atoms with Crippen LogP contribution < -0.4 is 9.47 Å². The number of ether oxygens (including phenoxy) is 2. The van der Waals surface area contributed by atoms with Crippen LogP contribution in [-0.2, 0) is 6.42 Å².